The van der Waals surface area contributed by atoms with Crippen LogP contribution in [0.4, 0.5) is 11.4 Å². The van der Waals surface area contributed by atoms with E-state index in [0.29, 0.717) is 0 Å². The second-order valence-electron chi connectivity index (χ2n) is 14.2. The van der Waals surface area contributed by atoms with Crippen LogP contribution >= 0.6 is 0 Å². The third-order valence-corrected chi connectivity index (χ3v) is 10.1. The van der Waals surface area contributed by atoms with Crippen molar-refractivity contribution in [3.05, 3.63) is 155 Å². The molecule has 0 radical (unpaired) electrons. The number of allylic oxidation sites excluding steroid dienone is 3. The average Bonchev–Trinajstić information content (AvgIpc) is 3.12. The smallest absolute Gasteiger partial charge is 0.182 e. The Morgan fingerprint density at radius 1 is 0.592 bits per heavy atom. The Morgan fingerprint density at radius 2 is 0.980 bits per heavy atom. The van der Waals surface area contributed by atoms with Crippen molar-refractivity contribution in [1.82, 2.24) is 0 Å². The van der Waals surface area contributed by atoms with Crippen LogP contribution in [0.1, 0.15) is 22.3 Å². The first-order valence-corrected chi connectivity index (χ1v) is 17.5. The summed E-state index contributed by atoms with van der Waals surface area (Å²) in [6, 6.07) is 38.3. The molecule has 0 aromatic heterocycles. The second kappa shape index (κ2) is 15.5. The van der Waals surface area contributed by atoms with Crippen molar-refractivity contribution in [2.24, 2.45) is 0 Å². The van der Waals surface area contributed by atoms with Crippen LogP contribution in [-0.4, -0.2) is 86.3 Å². The summed E-state index contributed by atoms with van der Waals surface area (Å²) in [6.45, 7) is 10.6. The lowest BCUT2D eigenvalue weighted by atomic mass is 10.1. The number of anilines is 2. The van der Waals surface area contributed by atoms with Crippen LogP contribution in [0.5, 0.6) is 0 Å². The topological polar surface area (TPSA) is 43.8 Å². The monoisotopic (exact) mass is 654 g/mol. The number of piperazine rings is 2. The Morgan fingerprint density at radius 3 is 1.39 bits per heavy atom. The van der Waals surface area contributed by atoms with Crippen LogP contribution in [0.2, 0.25) is 0 Å². The van der Waals surface area contributed by atoms with E-state index in [2.05, 4.69) is 121 Å². The zero-order chi connectivity index (χ0) is 34.1. The van der Waals surface area contributed by atoms with E-state index in [-0.39, 0.29) is 11.5 Å². The minimum Gasteiger partial charge on any atom is -0.508 e. The second-order valence-corrected chi connectivity index (χ2v) is 14.2. The van der Waals surface area contributed by atoms with Crippen molar-refractivity contribution in [1.29, 1.82) is 0 Å². The predicted octanol–water partition coefficient (Wildman–Crippen LogP) is 7.36. The Bertz CT molecular complexity index is 1750. The molecule has 2 aliphatic heterocycles. The first-order chi connectivity index (χ1) is 23.7. The molecule has 252 valence electrons. The molecule has 4 aromatic carbocycles. The minimum absolute atomic E-state index is 0.0664. The summed E-state index contributed by atoms with van der Waals surface area (Å²) in [5.74, 6) is -0.320. The number of ketones is 1. The molecule has 0 spiro atoms. The van der Waals surface area contributed by atoms with E-state index < -0.39 is 0 Å². The highest BCUT2D eigenvalue weighted by molar-refractivity contribution is 6.02. The Kier molecular flexibility index (Phi) is 10.8. The van der Waals surface area contributed by atoms with Crippen LogP contribution in [0.15, 0.2) is 133 Å². The summed E-state index contributed by atoms with van der Waals surface area (Å²) >= 11 is 0. The summed E-state index contributed by atoms with van der Waals surface area (Å²) in [4.78, 5) is 17.4. The number of carbonyl (C=O) groups excluding carboxylic acids is 1. The highest BCUT2D eigenvalue weighted by Crippen LogP contribution is 2.24. The minimum atomic E-state index is -0.254. The van der Waals surface area contributed by atoms with Gasteiger partial charge in [-0.1, -0.05) is 97.1 Å². The summed E-state index contributed by atoms with van der Waals surface area (Å²) in [7, 11) is 4.71. The van der Waals surface area contributed by atoms with Gasteiger partial charge in [-0.05, 0) is 47.5 Å². The van der Waals surface area contributed by atoms with Gasteiger partial charge in [-0.2, -0.15) is 0 Å². The number of carbonyl (C=O) groups is 1. The van der Waals surface area contributed by atoms with Crippen molar-refractivity contribution >= 4 is 29.3 Å². The molecule has 6 rings (SSSR count). The van der Waals surface area contributed by atoms with Gasteiger partial charge in [-0.25, -0.2) is 0 Å². The molecule has 0 saturated carbocycles. The van der Waals surface area contributed by atoms with E-state index in [1.165, 1.54) is 34.7 Å². The Labute approximate surface area is 292 Å². The molecule has 0 aliphatic carbocycles. The zero-order valence-corrected chi connectivity index (χ0v) is 29.0. The molecule has 0 amide bonds. The Balaban J connectivity index is 0.947. The molecular formula is C43H50N4O2+2. The van der Waals surface area contributed by atoms with Crippen LogP contribution in [0.25, 0.3) is 12.2 Å². The average molecular weight is 655 g/mol. The van der Waals surface area contributed by atoms with E-state index in [0.717, 1.165) is 85.5 Å². The fourth-order valence-electron chi connectivity index (χ4n) is 6.97. The number of benzene rings is 4. The van der Waals surface area contributed by atoms with Gasteiger partial charge >= 0.3 is 0 Å². The van der Waals surface area contributed by atoms with E-state index in [1.54, 1.807) is 12.2 Å². The molecule has 6 nitrogen and oxygen atoms in total. The molecule has 2 heterocycles. The molecule has 0 atom stereocenters. The Hall–Kier alpha value is -4.91. The first kappa shape index (κ1) is 34.0. The summed E-state index contributed by atoms with van der Waals surface area (Å²) in [5.41, 5.74) is 7.14. The number of hydrogen-bond acceptors (Lipinski definition) is 4. The van der Waals surface area contributed by atoms with E-state index in [4.69, 9.17) is 0 Å². The number of nitrogens with zero attached hydrogens (tertiary/aromatic N) is 4. The maximum Gasteiger partial charge on any atom is 0.182 e. The van der Waals surface area contributed by atoms with Gasteiger partial charge in [0.15, 0.2) is 5.78 Å². The van der Waals surface area contributed by atoms with E-state index in [1.807, 2.05) is 18.2 Å². The van der Waals surface area contributed by atoms with E-state index >= 15 is 0 Å². The molecule has 2 saturated heterocycles. The molecule has 4 aromatic rings. The molecule has 49 heavy (non-hydrogen) atoms. The normalized spacial score (nSPS) is 17.9. The van der Waals surface area contributed by atoms with Crippen molar-refractivity contribution < 1.29 is 18.9 Å². The largest absolute Gasteiger partial charge is 0.508 e. The van der Waals surface area contributed by atoms with Crippen molar-refractivity contribution in [2.45, 2.75) is 13.1 Å². The van der Waals surface area contributed by atoms with Gasteiger partial charge in [0.25, 0.3) is 0 Å². The van der Waals surface area contributed by atoms with Gasteiger partial charge in [0.1, 0.15) is 18.8 Å². The lowest BCUT2D eigenvalue weighted by molar-refractivity contribution is -0.923. The third kappa shape index (κ3) is 9.59. The highest BCUT2D eigenvalue weighted by atomic mass is 16.3. The third-order valence-electron chi connectivity index (χ3n) is 10.1. The first-order valence-electron chi connectivity index (χ1n) is 17.5. The number of aliphatic hydroxyl groups excluding tert-OH is 1. The van der Waals surface area contributed by atoms with Gasteiger partial charge in [-0.15, -0.1) is 0 Å². The standard InChI is InChI=1S/C43H49N4O2/c1-46(34-38-9-5-3-6-10-38)29-25-44(26-30-46)40-19-13-36(14-20-40)17-23-42(48)33-43(49)24-18-37-15-21-41(22-16-37)45-27-31-47(2,32-28-45)35-39-11-7-4-8-12-39/h3-24,33H,25-32,34-35H2,1-2H3/q+1/p+1/b23-17+,24-18+. The highest BCUT2D eigenvalue weighted by Gasteiger charge is 2.30. The number of quaternary nitrogens is 2. The fourth-order valence-corrected chi connectivity index (χ4v) is 6.97. The maximum absolute atomic E-state index is 12.5. The summed E-state index contributed by atoms with van der Waals surface area (Å²) in [6.07, 6.45) is 7.96. The maximum atomic E-state index is 12.5. The lowest BCUT2D eigenvalue weighted by Gasteiger charge is -2.43. The van der Waals surface area contributed by atoms with Crippen molar-refractivity contribution in [3.8, 4) is 0 Å². The SMILES string of the molecule is C[N+]1(Cc2ccccc2)CCN(c2ccc(/C=C/C(=O)/C=C(O)/C=C/c3ccc(N4CC[N+](C)(Cc5ccccc5)CC4)cc3)cc2)CC1. The molecule has 0 bridgehead atoms. The van der Waals surface area contributed by atoms with Gasteiger partial charge in [0.05, 0.1) is 66.5 Å². The summed E-state index contributed by atoms with van der Waals surface area (Å²) in [5, 5.41) is 10.4. The number of aliphatic hydroxyl groups is 1. The molecule has 2 fully saturated rings. The van der Waals surface area contributed by atoms with Crippen LogP contribution in [0.3, 0.4) is 0 Å². The van der Waals surface area contributed by atoms with Crippen LogP contribution in [0, 0.1) is 0 Å². The van der Waals surface area contributed by atoms with Crippen LogP contribution < -0.4 is 9.80 Å². The van der Waals surface area contributed by atoms with Gasteiger partial charge in [-0.3, -0.25) is 4.79 Å². The predicted molar refractivity (Wildman–Crippen MR) is 203 cm³/mol. The van der Waals surface area contributed by atoms with Crippen molar-refractivity contribution in [2.75, 3.05) is 76.3 Å². The number of hydrogen-bond donors (Lipinski definition) is 1. The molecule has 6 heteroatoms. The van der Waals surface area contributed by atoms with Gasteiger partial charge in [0, 0.05) is 28.6 Å². The van der Waals surface area contributed by atoms with Gasteiger partial charge in [0.2, 0.25) is 0 Å². The molecular weight excluding hydrogens is 604 g/mol. The van der Waals surface area contributed by atoms with Crippen molar-refractivity contribution in [3.63, 3.8) is 0 Å². The van der Waals surface area contributed by atoms with Gasteiger partial charge < -0.3 is 23.9 Å². The molecule has 0 unspecified atom stereocenters. The number of likely N-dealkylation sites (N-methyl/N-ethyl adjacent to an activating group) is 2. The fraction of sp³-hybridized carbons (Fsp3) is 0.279. The van der Waals surface area contributed by atoms with Crippen LogP contribution in [-0.2, 0) is 17.9 Å². The zero-order valence-electron chi connectivity index (χ0n) is 29.0. The van der Waals surface area contributed by atoms with E-state index in [9.17, 15) is 9.90 Å². The quantitative estimate of drug-likeness (QED) is 0.0795. The molecule has 2 aliphatic rings. The summed E-state index contributed by atoms with van der Waals surface area (Å²) < 4.78 is 2.11. The molecule has 1 N–H and O–H groups in total. The number of rotatable bonds is 11. The lowest BCUT2D eigenvalue weighted by Crippen LogP contribution is -2.56.